The molecule has 2 amide bonds. The number of benzene rings is 2. The number of carbonyl (C=O) groups is 2. The van der Waals surface area contributed by atoms with Gasteiger partial charge in [0.25, 0.3) is 5.91 Å². The molecular formula is C20H24N2O4. The first-order valence-electron chi connectivity index (χ1n) is 8.33. The number of amides is 2. The molecule has 0 aliphatic rings. The molecule has 0 unspecified atom stereocenters. The van der Waals surface area contributed by atoms with E-state index in [-0.39, 0.29) is 18.4 Å². The topological polar surface area (TPSA) is 67.9 Å². The zero-order valence-electron chi connectivity index (χ0n) is 15.3. The van der Waals surface area contributed by atoms with Gasteiger partial charge in [-0.3, -0.25) is 9.59 Å². The van der Waals surface area contributed by atoms with Crippen molar-refractivity contribution in [1.82, 2.24) is 4.90 Å². The lowest BCUT2D eigenvalue weighted by atomic mass is 10.1. The summed E-state index contributed by atoms with van der Waals surface area (Å²) < 4.78 is 10.5. The summed E-state index contributed by atoms with van der Waals surface area (Å²) in [6, 6.07) is 14.5. The van der Waals surface area contributed by atoms with Crippen molar-refractivity contribution >= 4 is 17.5 Å². The number of carbonyl (C=O) groups excluding carboxylic acids is 2. The fraction of sp³-hybridized carbons (Fsp3) is 0.300. The fourth-order valence-electron chi connectivity index (χ4n) is 2.30. The number of anilines is 1. The molecule has 2 rings (SSSR count). The van der Waals surface area contributed by atoms with E-state index in [0.29, 0.717) is 24.3 Å². The highest BCUT2D eigenvalue weighted by atomic mass is 16.5. The predicted molar refractivity (Wildman–Crippen MR) is 101 cm³/mol. The molecule has 0 bridgehead atoms. The Balaban J connectivity index is 1.84. The van der Waals surface area contributed by atoms with E-state index >= 15 is 0 Å². The molecular weight excluding hydrogens is 332 g/mol. The van der Waals surface area contributed by atoms with E-state index in [0.717, 1.165) is 11.3 Å². The lowest BCUT2D eigenvalue weighted by molar-refractivity contribution is -0.128. The Morgan fingerprint density at radius 3 is 2.38 bits per heavy atom. The van der Waals surface area contributed by atoms with Crippen molar-refractivity contribution in [2.24, 2.45) is 0 Å². The minimum Gasteiger partial charge on any atom is -0.497 e. The van der Waals surface area contributed by atoms with E-state index in [4.69, 9.17) is 9.47 Å². The van der Waals surface area contributed by atoms with E-state index in [1.807, 2.05) is 24.3 Å². The number of methoxy groups -OCH3 is 1. The Morgan fingerprint density at radius 1 is 1.04 bits per heavy atom. The molecule has 26 heavy (non-hydrogen) atoms. The molecule has 2 aromatic carbocycles. The first-order valence-corrected chi connectivity index (χ1v) is 8.33. The number of hydrogen-bond acceptors (Lipinski definition) is 4. The number of rotatable bonds is 8. The monoisotopic (exact) mass is 356 g/mol. The summed E-state index contributed by atoms with van der Waals surface area (Å²) in [5.74, 6) is 1.15. The third-order valence-corrected chi connectivity index (χ3v) is 3.77. The number of nitrogens with one attached hydrogen (secondary N) is 1. The van der Waals surface area contributed by atoms with Crippen molar-refractivity contribution < 1.29 is 19.1 Å². The first-order chi connectivity index (χ1) is 12.5. The summed E-state index contributed by atoms with van der Waals surface area (Å²) in [6.45, 7) is -0.0876. The zero-order chi connectivity index (χ0) is 18.9. The van der Waals surface area contributed by atoms with Gasteiger partial charge in [-0.1, -0.05) is 12.1 Å². The van der Waals surface area contributed by atoms with Crippen LogP contribution in [0.2, 0.25) is 0 Å². The molecule has 0 atom stereocenters. The normalized spacial score (nSPS) is 10.1. The maximum absolute atomic E-state index is 12.1. The van der Waals surface area contributed by atoms with Crippen LogP contribution in [0.15, 0.2) is 48.5 Å². The van der Waals surface area contributed by atoms with Crippen LogP contribution in [0, 0.1) is 0 Å². The summed E-state index contributed by atoms with van der Waals surface area (Å²) >= 11 is 0. The molecule has 0 saturated carbocycles. The van der Waals surface area contributed by atoms with Gasteiger partial charge in [-0.05, 0) is 48.4 Å². The highest BCUT2D eigenvalue weighted by Gasteiger charge is 2.07. The van der Waals surface area contributed by atoms with Gasteiger partial charge in [-0.2, -0.15) is 0 Å². The quantitative estimate of drug-likeness (QED) is 0.790. The molecule has 0 saturated heterocycles. The lowest BCUT2D eigenvalue weighted by Crippen LogP contribution is -2.22. The van der Waals surface area contributed by atoms with Crippen LogP contribution in [0.4, 0.5) is 5.69 Å². The van der Waals surface area contributed by atoms with Crippen molar-refractivity contribution in [3.05, 3.63) is 54.1 Å². The predicted octanol–water partition coefficient (Wildman–Crippen LogP) is 2.73. The van der Waals surface area contributed by atoms with E-state index in [1.165, 1.54) is 0 Å². The van der Waals surface area contributed by atoms with Gasteiger partial charge in [-0.25, -0.2) is 0 Å². The average Bonchev–Trinajstić information content (AvgIpc) is 2.65. The molecule has 2 aromatic rings. The number of hydrogen-bond donors (Lipinski definition) is 1. The van der Waals surface area contributed by atoms with Crippen LogP contribution < -0.4 is 14.8 Å². The van der Waals surface area contributed by atoms with E-state index in [9.17, 15) is 9.59 Å². The second kappa shape index (κ2) is 9.46. The summed E-state index contributed by atoms with van der Waals surface area (Å²) in [6.07, 6.45) is 1.06. The van der Waals surface area contributed by atoms with Crippen molar-refractivity contribution in [3.63, 3.8) is 0 Å². The van der Waals surface area contributed by atoms with Gasteiger partial charge in [0.2, 0.25) is 5.91 Å². The number of nitrogens with zero attached hydrogens (tertiary/aromatic N) is 1. The smallest absolute Gasteiger partial charge is 0.262 e. The van der Waals surface area contributed by atoms with Gasteiger partial charge >= 0.3 is 0 Å². The summed E-state index contributed by atoms with van der Waals surface area (Å²) in [4.78, 5) is 25.3. The first kappa shape index (κ1) is 19.3. The van der Waals surface area contributed by atoms with Crippen molar-refractivity contribution in [3.8, 4) is 11.5 Å². The fourth-order valence-corrected chi connectivity index (χ4v) is 2.30. The van der Waals surface area contributed by atoms with Crippen LogP contribution in [-0.2, 0) is 16.0 Å². The Kier molecular flexibility index (Phi) is 7.02. The average molecular weight is 356 g/mol. The minimum atomic E-state index is -0.248. The van der Waals surface area contributed by atoms with E-state index < -0.39 is 0 Å². The largest absolute Gasteiger partial charge is 0.497 e. The molecule has 6 heteroatoms. The van der Waals surface area contributed by atoms with Gasteiger partial charge in [-0.15, -0.1) is 0 Å². The SMILES string of the molecule is COc1ccc(OCC(=O)Nc2cccc(CCC(=O)N(C)C)c2)cc1. The molecule has 0 aliphatic heterocycles. The molecule has 0 aliphatic carbocycles. The van der Waals surface area contributed by atoms with Crippen LogP contribution in [-0.4, -0.2) is 44.5 Å². The highest BCUT2D eigenvalue weighted by Crippen LogP contribution is 2.17. The van der Waals surface area contributed by atoms with Crippen LogP contribution in [0.3, 0.4) is 0 Å². The maximum Gasteiger partial charge on any atom is 0.262 e. The zero-order valence-corrected chi connectivity index (χ0v) is 15.3. The second-order valence-electron chi connectivity index (χ2n) is 6.00. The summed E-state index contributed by atoms with van der Waals surface area (Å²) in [7, 11) is 5.07. The highest BCUT2D eigenvalue weighted by molar-refractivity contribution is 5.92. The second-order valence-corrected chi connectivity index (χ2v) is 6.00. The molecule has 0 spiro atoms. The number of aryl methyl sites for hydroxylation is 1. The van der Waals surface area contributed by atoms with E-state index in [2.05, 4.69) is 5.32 Å². The Labute approximate surface area is 153 Å². The van der Waals surface area contributed by atoms with Crippen LogP contribution >= 0.6 is 0 Å². The van der Waals surface area contributed by atoms with Crippen molar-refractivity contribution in [2.45, 2.75) is 12.8 Å². The molecule has 1 N–H and O–H groups in total. The summed E-state index contributed by atoms with van der Waals surface area (Å²) in [5, 5.41) is 2.80. The molecule has 0 aromatic heterocycles. The van der Waals surface area contributed by atoms with Crippen molar-refractivity contribution in [2.75, 3.05) is 33.1 Å². The number of ether oxygens (including phenoxy) is 2. The van der Waals surface area contributed by atoms with Crippen LogP contribution in [0.1, 0.15) is 12.0 Å². The standard InChI is InChI=1S/C20H24N2O4/c1-22(2)20(24)12-7-15-5-4-6-16(13-15)21-19(23)14-26-18-10-8-17(25-3)9-11-18/h4-6,8-11,13H,7,12,14H2,1-3H3,(H,21,23). The molecule has 138 valence electrons. The van der Waals surface area contributed by atoms with Gasteiger partial charge in [0.05, 0.1) is 7.11 Å². The Bertz CT molecular complexity index is 742. The molecule has 0 heterocycles. The minimum absolute atomic E-state index is 0.0762. The molecule has 0 fully saturated rings. The Hall–Kier alpha value is -3.02. The Morgan fingerprint density at radius 2 is 1.73 bits per heavy atom. The van der Waals surface area contributed by atoms with Crippen LogP contribution in [0.25, 0.3) is 0 Å². The lowest BCUT2D eigenvalue weighted by Gasteiger charge is -2.11. The third-order valence-electron chi connectivity index (χ3n) is 3.77. The van der Waals surface area contributed by atoms with Gasteiger partial charge in [0, 0.05) is 26.2 Å². The molecule has 6 nitrogen and oxygen atoms in total. The molecule has 0 radical (unpaired) electrons. The third kappa shape index (κ3) is 6.12. The van der Waals surface area contributed by atoms with Gasteiger partial charge in [0.1, 0.15) is 11.5 Å². The van der Waals surface area contributed by atoms with Gasteiger partial charge in [0.15, 0.2) is 6.61 Å². The van der Waals surface area contributed by atoms with Crippen LogP contribution in [0.5, 0.6) is 11.5 Å². The summed E-state index contributed by atoms with van der Waals surface area (Å²) in [5.41, 5.74) is 1.68. The maximum atomic E-state index is 12.1. The van der Waals surface area contributed by atoms with E-state index in [1.54, 1.807) is 50.4 Å². The van der Waals surface area contributed by atoms with Gasteiger partial charge < -0.3 is 19.7 Å². The van der Waals surface area contributed by atoms with Crippen molar-refractivity contribution in [1.29, 1.82) is 0 Å².